The van der Waals surface area contributed by atoms with E-state index < -0.39 is 17.2 Å². The molecule has 12 heavy (non-hydrogen) atoms. The van der Waals surface area contributed by atoms with E-state index >= 15 is 0 Å². The molecule has 2 nitrogen and oxygen atoms in total. The first-order valence-electron chi connectivity index (χ1n) is 3.69. The first kappa shape index (κ1) is 9.16. The second-order valence-corrected chi connectivity index (χ2v) is 3.36. The van der Waals surface area contributed by atoms with E-state index in [4.69, 9.17) is 0 Å². The summed E-state index contributed by atoms with van der Waals surface area (Å²) >= 11 is 0. The number of hydrogen-bond acceptors (Lipinski definition) is 1. The lowest BCUT2D eigenvalue weighted by molar-refractivity contribution is -0.116. The zero-order valence-corrected chi connectivity index (χ0v) is 6.86. The van der Waals surface area contributed by atoms with Gasteiger partial charge in [-0.15, -0.1) is 0 Å². The van der Waals surface area contributed by atoms with E-state index in [0.29, 0.717) is 0 Å². The van der Waals surface area contributed by atoms with Crippen LogP contribution in [0.2, 0.25) is 0 Å². The van der Waals surface area contributed by atoms with Crippen LogP contribution < -0.4 is 5.32 Å². The molecule has 0 heterocycles. The van der Waals surface area contributed by atoms with Gasteiger partial charge in [0.05, 0.1) is 5.41 Å². The van der Waals surface area contributed by atoms with Gasteiger partial charge in [-0.05, 0) is 6.08 Å². The lowest BCUT2D eigenvalue weighted by Gasteiger charge is -2.09. The second kappa shape index (κ2) is 2.54. The van der Waals surface area contributed by atoms with Crippen molar-refractivity contribution in [1.82, 2.24) is 5.32 Å². The van der Waals surface area contributed by atoms with Gasteiger partial charge >= 0.3 is 0 Å². The first-order chi connectivity index (χ1) is 5.41. The highest BCUT2D eigenvalue weighted by Gasteiger charge is 2.67. The van der Waals surface area contributed by atoms with Gasteiger partial charge in [0.1, 0.15) is 0 Å². The zero-order valence-electron chi connectivity index (χ0n) is 6.86. The minimum Gasteiger partial charge on any atom is -0.352 e. The number of amides is 1. The molecule has 1 aliphatic rings. The minimum atomic E-state index is -2.61. The van der Waals surface area contributed by atoms with Crippen LogP contribution in [0.4, 0.5) is 8.78 Å². The van der Waals surface area contributed by atoms with Crippen LogP contribution in [0.3, 0.4) is 0 Å². The van der Waals surface area contributed by atoms with Crippen LogP contribution in [0.1, 0.15) is 13.3 Å². The molecule has 1 N–H and O–H groups in total. The molecule has 1 aliphatic carbocycles. The molecule has 1 unspecified atom stereocenters. The van der Waals surface area contributed by atoms with Crippen LogP contribution >= 0.6 is 0 Å². The molecule has 1 rings (SSSR count). The van der Waals surface area contributed by atoms with E-state index in [2.05, 4.69) is 11.9 Å². The molecular weight excluding hydrogens is 164 g/mol. The Kier molecular flexibility index (Phi) is 1.94. The minimum absolute atomic E-state index is 0.0187. The maximum atomic E-state index is 12.6. The summed E-state index contributed by atoms with van der Waals surface area (Å²) in [5.41, 5.74) is -1.04. The SMILES string of the molecule is C=CC(=O)NCC1(C)CC1(F)F. The quantitative estimate of drug-likeness (QED) is 0.644. The fourth-order valence-corrected chi connectivity index (χ4v) is 0.992. The number of halogens is 2. The van der Waals surface area contributed by atoms with E-state index in [1.807, 2.05) is 0 Å². The van der Waals surface area contributed by atoms with Crippen LogP contribution in [-0.4, -0.2) is 18.4 Å². The molecule has 0 radical (unpaired) electrons. The van der Waals surface area contributed by atoms with E-state index in [-0.39, 0.29) is 13.0 Å². The molecule has 0 aliphatic heterocycles. The number of nitrogens with one attached hydrogen (secondary N) is 1. The van der Waals surface area contributed by atoms with Crippen LogP contribution in [0.25, 0.3) is 0 Å². The van der Waals surface area contributed by atoms with Crippen molar-refractivity contribution in [2.24, 2.45) is 5.41 Å². The summed E-state index contributed by atoms with van der Waals surface area (Å²) in [4.78, 5) is 10.6. The summed E-state index contributed by atoms with van der Waals surface area (Å²) in [5.74, 6) is -3.01. The summed E-state index contributed by atoms with van der Waals surface area (Å²) in [6, 6.07) is 0. The van der Waals surface area contributed by atoms with E-state index in [0.717, 1.165) is 6.08 Å². The number of hydrogen-bond donors (Lipinski definition) is 1. The lowest BCUT2D eigenvalue weighted by atomic mass is 10.1. The van der Waals surface area contributed by atoms with Crippen molar-refractivity contribution in [2.45, 2.75) is 19.3 Å². The molecule has 1 saturated carbocycles. The van der Waals surface area contributed by atoms with Gasteiger partial charge in [0, 0.05) is 13.0 Å². The monoisotopic (exact) mass is 175 g/mol. The third kappa shape index (κ3) is 1.47. The van der Waals surface area contributed by atoms with E-state index in [1.54, 1.807) is 0 Å². The smallest absolute Gasteiger partial charge is 0.256 e. The molecule has 1 atom stereocenters. The average Bonchev–Trinajstić information content (AvgIpc) is 2.47. The van der Waals surface area contributed by atoms with Gasteiger partial charge < -0.3 is 5.32 Å². The summed E-state index contributed by atoms with van der Waals surface area (Å²) in [5, 5.41) is 2.35. The Balaban J connectivity index is 2.35. The Morgan fingerprint density at radius 2 is 2.25 bits per heavy atom. The Morgan fingerprint density at radius 1 is 1.75 bits per heavy atom. The van der Waals surface area contributed by atoms with Crippen molar-refractivity contribution >= 4 is 5.91 Å². The highest BCUT2D eigenvalue weighted by atomic mass is 19.3. The van der Waals surface area contributed by atoms with Gasteiger partial charge in [-0.2, -0.15) is 0 Å². The lowest BCUT2D eigenvalue weighted by Crippen LogP contribution is -2.30. The van der Waals surface area contributed by atoms with Gasteiger partial charge in [0.2, 0.25) is 5.91 Å². The summed E-state index contributed by atoms with van der Waals surface area (Å²) in [7, 11) is 0. The third-order valence-electron chi connectivity index (χ3n) is 2.21. The van der Waals surface area contributed by atoms with Crippen molar-refractivity contribution in [3.8, 4) is 0 Å². The predicted molar refractivity (Wildman–Crippen MR) is 40.9 cm³/mol. The standard InChI is InChI=1S/C8H11F2NO/c1-3-6(12)11-5-7(2)4-8(7,9)10/h3H,1,4-5H2,2H3,(H,11,12). The van der Waals surface area contributed by atoms with E-state index in [1.165, 1.54) is 6.92 Å². The van der Waals surface area contributed by atoms with Crippen LogP contribution in [-0.2, 0) is 4.79 Å². The second-order valence-electron chi connectivity index (χ2n) is 3.36. The molecule has 0 aromatic carbocycles. The fraction of sp³-hybridized carbons (Fsp3) is 0.625. The van der Waals surface area contributed by atoms with Gasteiger partial charge in [0.15, 0.2) is 0 Å². The Labute approximate surface area is 69.6 Å². The van der Waals surface area contributed by atoms with Crippen molar-refractivity contribution < 1.29 is 13.6 Å². The highest BCUT2D eigenvalue weighted by molar-refractivity contribution is 5.86. The summed E-state index contributed by atoms with van der Waals surface area (Å²) < 4.78 is 25.1. The zero-order chi connectivity index (χ0) is 9.41. The van der Waals surface area contributed by atoms with Crippen LogP contribution in [0.5, 0.6) is 0 Å². The highest BCUT2D eigenvalue weighted by Crippen LogP contribution is 2.59. The fourth-order valence-electron chi connectivity index (χ4n) is 0.992. The van der Waals surface area contributed by atoms with E-state index in [9.17, 15) is 13.6 Å². The normalized spacial score (nSPS) is 30.9. The maximum absolute atomic E-state index is 12.6. The van der Waals surface area contributed by atoms with Crippen molar-refractivity contribution in [1.29, 1.82) is 0 Å². The summed E-state index contributed by atoms with van der Waals surface area (Å²) in [6.45, 7) is 4.69. The molecular formula is C8H11F2NO. The predicted octanol–water partition coefficient (Wildman–Crippen LogP) is 1.33. The van der Waals surface area contributed by atoms with Gasteiger partial charge in [0.25, 0.3) is 5.92 Å². The largest absolute Gasteiger partial charge is 0.352 e. The molecule has 0 spiro atoms. The first-order valence-corrected chi connectivity index (χ1v) is 3.69. The number of carbonyl (C=O) groups excluding carboxylic acids is 1. The Hall–Kier alpha value is -0.930. The molecule has 0 saturated heterocycles. The summed E-state index contributed by atoms with van der Waals surface area (Å²) in [6.07, 6.45) is 0.932. The van der Waals surface area contributed by atoms with Crippen LogP contribution in [0, 0.1) is 5.41 Å². The van der Waals surface area contributed by atoms with Crippen LogP contribution in [0.15, 0.2) is 12.7 Å². The molecule has 4 heteroatoms. The molecule has 1 fully saturated rings. The van der Waals surface area contributed by atoms with Gasteiger partial charge in [-0.1, -0.05) is 13.5 Å². The average molecular weight is 175 g/mol. The third-order valence-corrected chi connectivity index (χ3v) is 2.21. The van der Waals surface area contributed by atoms with Crippen molar-refractivity contribution in [3.05, 3.63) is 12.7 Å². The molecule has 68 valence electrons. The Bertz CT molecular complexity index is 227. The topological polar surface area (TPSA) is 29.1 Å². The van der Waals surface area contributed by atoms with Gasteiger partial charge in [-0.3, -0.25) is 4.79 Å². The van der Waals surface area contributed by atoms with Crippen molar-refractivity contribution in [2.75, 3.05) is 6.54 Å². The molecule has 1 amide bonds. The van der Waals surface area contributed by atoms with Gasteiger partial charge in [-0.25, -0.2) is 8.78 Å². The number of alkyl halides is 2. The molecule has 0 aromatic heterocycles. The number of carbonyl (C=O) groups is 1. The Morgan fingerprint density at radius 3 is 2.58 bits per heavy atom. The maximum Gasteiger partial charge on any atom is 0.256 e. The molecule has 0 bridgehead atoms. The molecule has 0 aromatic rings. The number of rotatable bonds is 3. The van der Waals surface area contributed by atoms with Crippen molar-refractivity contribution in [3.63, 3.8) is 0 Å².